The predicted molar refractivity (Wildman–Crippen MR) is 108 cm³/mol. The molecular formula is C20H27F3N4O3S. The van der Waals surface area contributed by atoms with E-state index in [-0.39, 0.29) is 47.4 Å². The number of anilines is 1. The van der Waals surface area contributed by atoms with Crippen molar-refractivity contribution in [2.24, 2.45) is 16.7 Å². The number of sulfone groups is 1. The average Bonchev–Trinajstić information content (AvgIpc) is 3.15. The molecule has 1 saturated heterocycles. The van der Waals surface area contributed by atoms with Crippen LogP contribution in [-0.2, 0) is 16.0 Å². The van der Waals surface area contributed by atoms with Crippen LogP contribution in [0, 0.1) is 16.7 Å². The maximum Gasteiger partial charge on any atom is 0.434 e. The zero-order valence-corrected chi connectivity index (χ0v) is 18.6. The van der Waals surface area contributed by atoms with Crippen LogP contribution >= 0.6 is 0 Å². The second kappa shape index (κ2) is 7.05. The van der Waals surface area contributed by atoms with Gasteiger partial charge in [0.05, 0.1) is 17.1 Å². The molecule has 1 aromatic heterocycles. The van der Waals surface area contributed by atoms with Crippen LogP contribution in [0.1, 0.15) is 56.1 Å². The summed E-state index contributed by atoms with van der Waals surface area (Å²) in [6, 6.07) is -0.0753. The van der Waals surface area contributed by atoms with E-state index in [1.165, 1.54) is 0 Å². The quantitative estimate of drug-likeness (QED) is 0.746. The number of carbonyl (C=O) groups excluding carboxylic acids is 1. The number of alkyl halides is 3. The first-order valence-electron chi connectivity index (χ1n) is 10.4. The van der Waals surface area contributed by atoms with Gasteiger partial charge < -0.3 is 10.2 Å². The van der Waals surface area contributed by atoms with Crippen molar-refractivity contribution in [2.45, 2.75) is 52.3 Å². The van der Waals surface area contributed by atoms with Crippen molar-refractivity contribution in [2.75, 3.05) is 29.9 Å². The SMILES string of the molecule is CC1(C)[C@@H]2CC[C@@](C)(C2)[C@@H]1Nc1ncc(C(=O)N2CCS(=O)(=O)CC2)c(C(F)(F)F)n1. The first-order chi connectivity index (χ1) is 14.2. The van der Waals surface area contributed by atoms with Gasteiger partial charge in [0, 0.05) is 25.3 Å². The normalized spacial score (nSPS) is 31.6. The fourth-order valence-corrected chi connectivity index (χ4v) is 6.90. The third-order valence-corrected chi connectivity index (χ3v) is 9.07. The van der Waals surface area contributed by atoms with Crippen molar-refractivity contribution in [1.82, 2.24) is 14.9 Å². The minimum absolute atomic E-state index is 0.0380. The van der Waals surface area contributed by atoms with Crippen molar-refractivity contribution in [3.05, 3.63) is 17.5 Å². The summed E-state index contributed by atoms with van der Waals surface area (Å²) < 4.78 is 64.5. The smallest absolute Gasteiger partial charge is 0.350 e. The van der Waals surface area contributed by atoms with E-state index in [0.29, 0.717) is 5.92 Å². The Hall–Kier alpha value is -1.91. The Morgan fingerprint density at radius 1 is 1.23 bits per heavy atom. The molecule has 172 valence electrons. The van der Waals surface area contributed by atoms with Gasteiger partial charge in [-0.1, -0.05) is 20.8 Å². The van der Waals surface area contributed by atoms with Gasteiger partial charge in [-0.05, 0) is 36.0 Å². The van der Waals surface area contributed by atoms with E-state index in [9.17, 15) is 26.4 Å². The summed E-state index contributed by atoms with van der Waals surface area (Å²) in [7, 11) is -3.27. The number of amides is 1. The van der Waals surface area contributed by atoms with Crippen LogP contribution in [-0.4, -0.2) is 59.8 Å². The van der Waals surface area contributed by atoms with Crippen molar-refractivity contribution >= 4 is 21.7 Å². The first kappa shape index (κ1) is 22.3. The maximum atomic E-state index is 13.8. The van der Waals surface area contributed by atoms with Gasteiger partial charge in [0.1, 0.15) is 0 Å². The fraction of sp³-hybridized carbons (Fsp3) is 0.750. The largest absolute Gasteiger partial charge is 0.434 e. The van der Waals surface area contributed by atoms with Gasteiger partial charge in [-0.2, -0.15) is 13.2 Å². The molecule has 2 aliphatic carbocycles. The van der Waals surface area contributed by atoms with E-state index in [1.54, 1.807) is 0 Å². The molecule has 11 heteroatoms. The summed E-state index contributed by atoms with van der Waals surface area (Å²) >= 11 is 0. The lowest BCUT2D eigenvalue weighted by Gasteiger charge is -2.43. The highest BCUT2D eigenvalue weighted by molar-refractivity contribution is 7.91. The van der Waals surface area contributed by atoms with Gasteiger partial charge in [-0.25, -0.2) is 18.4 Å². The van der Waals surface area contributed by atoms with Crippen LogP contribution in [0.2, 0.25) is 0 Å². The van der Waals surface area contributed by atoms with Crippen molar-refractivity contribution in [1.29, 1.82) is 0 Å². The molecule has 3 fully saturated rings. The van der Waals surface area contributed by atoms with Crippen molar-refractivity contribution in [3.63, 3.8) is 0 Å². The second-order valence-electron chi connectivity index (χ2n) is 9.89. The number of rotatable bonds is 3. The molecule has 1 aromatic rings. The topological polar surface area (TPSA) is 92.3 Å². The number of halogens is 3. The minimum atomic E-state index is -4.85. The Kier molecular flexibility index (Phi) is 5.07. The van der Waals surface area contributed by atoms with Crippen LogP contribution in [0.4, 0.5) is 19.1 Å². The molecule has 0 spiro atoms. The average molecular weight is 461 g/mol. The lowest BCUT2D eigenvalue weighted by atomic mass is 9.68. The Bertz CT molecular complexity index is 993. The molecule has 7 nitrogen and oxygen atoms in total. The van der Waals surface area contributed by atoms with E-state index in [1.807, 2.05) is 0 Å². The van der Waals surface area contributed by atoms with Crippen LogP contribution in [0.25, 0.3) is 0 Å². The summed E-state index contributed by atoms with van der Waals surface area (Å²) in [5.41, 5.74) is -2.10. The first-order valence-corrected chi connectivity index (χ1v) is 12.3. The third-order valence-electron chi connectivity index (χ3n) is 7.46. The van der Waals surface area contributed by atoms with Crippen LogP contribution in [0.3, 0.4) is 0 Å². The van der Waals surface area contributed by atoms with Crippen molar-refractivity contribution in [3.8, 4) is 0 Å². The molecule has 31 heavy (non-hydrogen) atoms. The summed E-state index contributed by atoms with van der Waals surface area (Å²) in [5.74, 6) is -1.08. The molecule has 0 radical (unpaired) electrons. The molecule has 0 unspecified atom stereocenters. The molecule has 1 aliphatic heterocycles. The molecule has 0 aromatic carbocycles. The Morgan fingerprint density at radius 3 is 2.42 bits per heavy atom. The second-order valence-corrected chi connectivity index (χ2v) is 12.2. The third kappa shape index (κ3) is 3.89. The van der Waals surface area contributed by atoms with E-state index in [4.69, 9.17) is 0 Å². The number of fused-ring (bicyclic) bond motifs is 2. The molecule has 4 rings (SSSR count). The summed E-state index contributed by atoms with van der Waals surface area (Å²) in [6.07, 6.45) is -0.820. The van der Waals surface area contributed by atoms with E-state index >= 15 is 0 Å². The number of aromatic nitrogens is 2. The van der Waals surface area contributed by atoms with Gasteiger partial charge in [-0.15, -0.1) is 0 Å². The van der Waals surface area contributed by atoms with Crippen LogP contribution in [0.15, 0.2) is 6.20 Å². The zero-order valence-electron chi connectivity index (χ0n) is 17.8. The number of nitrogens with zero attached hydrogens (tertiary/aromatic N) is 3. The molecule has 3 atom stereocenters. The Balaban J connectivity index is 1.62. The van der Waals surface area contributed by atoms with Crippen molar-refractivity contribution < 1.29 is 26.4 Å². The van der Waals surface area contributed by atoms with Gasteiger partial charge in [-0.3, -0.25) is 4.79 Å². The number of hydrogen-bond acceptors (Lipinski definition) is 6. The highest BCUT2D eigenvalue weighted by Crippen LogP contribution is 2.63. The molecule has 2 heterocycles. The van der Waals surface area contributed by atoms with Gasteiger partial charge >= 0.3 is 6.18 Å². The summed E-state index contributed by atoms with van der Waals surface area (Å²) in [5, 5.41) is 3.15. The summed E-state index contributed by atoms with van der Waals surface area (Å²) in [6.45, 7) is 6.09. The molecule has 1 N–H and O–H groups in total. The van der Waals surface area contributed by atoms with Gasteiger partial charge in [0.2, 0.25) is 5.95 Å². The molecular weight excluding hydrogens is 433 g/mol. The number of carbonyl (C=O) groups is 1. The Morgan fingerprint density at radius 2 is 1.87 bits per heavy atom. The predicted octanol–water partition coefficient (Wildman–Crippen LogP) is 2.99. The van der Waals surface area contributed by atoms with Gasteiger partial charge in [0.25, 0.3) is 5.91 Å². The minimum Gasteiger partial charge on any atom is -0.350 e. The van der Waals surface area contributed by atoms with E-state index < -0.39 is 33.2 Å². The van der Waals surface area contributed by atoms with Gasteiger partial charge in [0.15, 0.2) is 15.5 Å². The molecule has 2 bridgehead atoms. The maximum absolute atomic E-state index is 13.8. The number of nitrogens with one attached hydrogen (secondary N) is 1. The fourth-order valence-electron chi connectivity index (χ4n) is 5.70. The molecule has 1 amide bonds. The molecule has 3 aliphatic rings. The van der Waals surface area contributed by atoms with Crippen LogP contribution < -0.4 is 5.32 Å². The highest BCUT2D eigenvalue weighted by atomic mass is 32.2. The van der Waals surface area contributed by atoms with E-state index in [0.717, 1.165) is 30.4 Å². The van der Waals surface area contributed by atoms with E-state index in [2.05, 4.69) is 36.1 Å². The molecule has 2 saturated carbocycles. The lowest BCUT2D eigenvalue weighted by molar-refractivity contribution is -0.141. The zero-order chi connectivity index (χ0) is 22.8. The lowest BCUT2D eigenvalue weighted by Crippen LogP contribution is -2.46. The highest BCUT2D eigenvalue weighted by Gasteiger charge is 2.59. The Labute approximate surface area is 179 Å². The summed E-state index contributed by atoms with van der Waals surface area (Å²) in [4.78, 5) is 21.6. The number of hydrogen-bond donors (Lipinski definition) is 1. The standard InChI is InChI=1S/C20H27F3N4O3S/c1-18(2)12-4-5-19(3,10-12)16(18)26-17-24-11-13(14(25-17)20(21,22)23)15(28)27-6-8-31(29,30)9-7-27/h11-12,16H,4-10H2,1-3H3,(H,24,25,26)/t12-,16-,19+/m1/s1. The van der Waals surface area contributed by atoms with Crippen LogP contribution in [0.5, 0.6) is 0 Å². The monoisotopic (exact) mass is 460 g/mol.